The van der Waals surface area contributed by atoms with Crippen molar-refractivity contribution in [1.82, 2.24) is 0 Å². The molecule has 0 aromatic rings. The molecule has 0 amide bonds. The largest absolute Gasteiger partial charge is 0.396 e. The van der Waals surface area contributed by atoms with Gasteiger partial charge >= 0.3 is 0 Å². The lowest BCUT2D eigenvalue weighted by Crippen LogP contribution is -2.56. The Morgan fingerprint density at radius 2 is 1.96 bits per heavy atom. The maximum Gasteiger partial charge on any atom is 0.139 e. The predicted octanol–water partition coefficient (Wildman–Crippen LogP) is 3.83. The number of rotatable bonds is 3. The van der Waals surface area contributed by atoms with Crippen molar-refractivity contribution in [2.45, 2.75) is 64.7 Å². The molecule has 4 fully saturated rings. The van der Waals surface area contributed by atoms with E-state index in [4.69, 9.17) is 4.74 Å². The summed E-state index contributed by atoms with van der Waals surface area (Å²) in [4.78, 5) is 12.5. The molecule has 0 aromatic heterocycles. The maximum atomic E-state index is 12.5. The van der Waals surface area contributed by atoms with E-state index in [0.29, 0.717) is 35.6 Å². The second kappa shape index (κ2) is 6.09. The summed E-state index contributed by atoms with van der Waals surface area (Å²) in [6.07, 6.45) is 10.4. The second-order valence-corrected chi connectivity index (χ2v) is 9.56. The number of fused-ring (bicyclic) bond motifs is 5. The zero-order chi connectivity index (χ0) is 16.9. The Balaban J connectivity index is 1.64. The first-order valence-electron chi connectivity index (χ1n) is 10.2. The van der Waals surface area contributed by atoms with Gasteiger partial charge in [0.15, 0.2) is 0 Å². The van der Waals surface area contributed by atoms with Crippen LogP contribution in [0.2, 0.25) is 0 Å². The summed E-state index contributed by atoms with van der Waals surface area (Å²) in [5.41, 5.74) is 0.293. The molecule has 0 saturated heterocycles. The first-order chi connectivity index (χ1) is 11.5. The lowest BCUT2D eigenvalue weighted by atomic mass is 9.44. The highest BCUT2D eigenvalue weighted by molar-refractivity contribution is 5.87. The Hall–Kier alpha value is -0.410. The van der Waals surface area contributed by atoms with E-state index >= 15 is 0 Å². The maximum absolute atomic E-state index is 12.5. The van der Waals surface area contributed by atoms with Crippen molar-refractivity contribution in [3.63, 3.8) is 0 Å². The Kier molecular flexibility index (Phi) is 4.32. The highest BCUT2D eigenvalue weighted by Gasteiger charge is 2.61. The fourth-order valence-electron chi connectivity index (χ4n) is 7.63. The quantitative estimate of drug-likeness (QED) is 0.853. The van der Waals surface area contributed by atoms with Gasteiger partial charge in [0.1, 0.15) is 5.78 Å². The Morgan fingerprint density at radius 1 is 1.12 bits per heavy atom. The predicted molar refractivity (Wildman–Crippen MR) is 93.5 cm³/mol. The number of aliphatic hydroxyl groups excluding tert-OH is 1. The first-order valence-corrected chi connectivity index (χ1v) is 10.2. The van der Waals surface area contributed by atoms with E-state index in [9.17, 15) is 9.90 Å². The standard InChI is InChI=1S/C21H34O3/c1-20-9-8-18-16(17(20)5-6-19(20)23)4-3-15-11-14(12-22)7-10-21(15,18)13-24-2/h14-18,22H,3-13H2,1-2H3/t14?,15-,16-,17-,18-,20-,21+/m0/s1. The molecule has 136 valence electrons. The third-order valence-corrected chi connectivity index (χ3v) is 8.85. The van der Waals surface area contributed by atoms with Gasteiger partial charge in [-0.05, 0) is 86.4 Å². The number of ether oxygens (including phenoxy) is 1. The molecule has 1 N–H and O–H groups in total. The van der Waals surface area contributed by atoms with Crippen LogP contribution in [0.15, 0.2) is 0 Å². The van der Waals surface area contributed by atoms with Crippen molar-refractivity contribution >= 4 is 5.78 Å². The summed E-state index contributed by atoms with van der Waals surface area (Å²) in [5, 5.41) is 9.65. The van der Waals surface area contributed by atoms with Crippen LogP contribution < -0.4 is 0 Å². The zero-order valence-electron chi connectivity index (χ0n) is 15.4. The van der Waals surface area contributed by atoms with Crippen LogP contribution in [-0.4, -0.2) is 31.2 Å². The molecular weight excluding hydrogens is 300 g/mol. The van der Waals surface area contributed by atoms with Crippen molar-refractivity contribution in [1.29, 1.82) is 0 Å². The van der Waals surface area contributed by atoms with Crippen molar-refractivity contribution < 1.29 is 14.6 Å². The van der Waals surface area contributed by atoms with Crippen LogP contribution in [0.5, 0.6) is 0 Å². The topological polar surface area (TPSA) is 46.5 Å². The number of carbonyl (C=O) groups excluding carboxylic acids is 1. The zero-order valence-corrected chi connectivity index (χ0v) is 15.4. The third kappa shape index (κ3) is 2.26. The van der Waals surface area contributed by atoms with Gasteiger partial charge in [-0.3, -0.25) is 4.79 Å². The molecule has 0 radical (unpaired) electrons. The first kappa shape index (κ1) is 17.0. The number of hydrogen-bond acceptors (Lipinski definition) is 3. The van der Waals surface area contributed by atoms with E-state index < -0.39 is 0 Å². The third-order valence-electron chi connectivity index (χ3n) is 8.85. The average molecular weight is 335 g/mol. The number of hydrogen-bond donors (Lipinski definition) is 1. The van der Waals surface area contributed by atoms with E-state index in [-0.39, 0.29) is 5.41 Å². The normalized spacial score (nSPS) is 51.0. The van der Waals surface area contributed by atoms with E-state index in [1.165, 1.54) is 32.1 Å². The molecule has 3 nitrogen and oxygen atoms in total. The van der Waals surface area contributed by atoms with Crippen LogP contribution in [0.25, 0.3) is 0 Å². The lowest BCUT2D eigenvalue weighted by Gasteiger charge is -2.61. The van der Waals surface area contributed by atoms with Crippen molar-refractivity contribution in [3.8, 4) is 0 Å². The van der Waals surface area contributed by atoms with E-state index in [1.54, 1.807) is 0 Å². The molecular formula is C21H34O3. The number of methoxy groups -OCH3 is 1. The molecule has 4 aliphatic carbocycles. The van der Waals surface area contributed by atoms with E-state index in [1.807, 2.05) is 7.11 Å². The van der Waals surface area contributed by atoms with Gasteiger partial charge in [0.2, 0.25) is 0 Å². The van der Waals surface area contributed by atoms with E-state index in [0.717, 1.165) is 44.1 Å². The molecule has 7 atom stereocenters. The molecule has 0 heterocycles. The van der Waals surface area contributed by atoms with Crippen molar-refractivity contribution in [2.75, 3.05) is 20.3 Å². The molecule has 0 aliphatic heterocycles. The van der Waals surface area contributed by atoms with E-state index in [2.05, 4.69) is 6.92 Å². The smallest absolute Gasteiger partial charge is 0.139 e. The van der Waals surface area contributed by atoms with Crippen molar-refractivity contribution in [3.05, 3.63) is 0 Å². The van der Waals surface area contributed by atoms with Gasteiger partial charge in [0, 0.05) is 25.6 Å². The van der Waals surface area contributed by atoms with Gasteiger partial charge in [-0.15, -0.1) is 0 Å². The van der Waals surface area contributed by atoms with Gasteiger partial charge in [-0.2, -0.15) is 0 Å². The minimum atomic E-state index is -0.0232. The summed E-state index contributed by atoms with van der Waals surface area (Å²) in [6.45, 7) is 3.50. The summed E-state index contributed by atoms with van der Waals surface area (Å²) in [7, 11) is 1.86. The second-order valence-electron chi connectivity index (χ2n) is 9.56. The van der Waals surface area contributed by atoms with Gasteiger partial charge in [0.25, 0.3) is 0 Å². The molecule has 4 saturated carbocycles. The SMILES string of the molecule is COC[C@]12CCC(CO)C[C@@H]1CC[C@@H]1[C@@H]2CC[C@]2(C)C(=O)CC[C@@H]12. The minimum absolute atomic E-state index is 0.0232. The molecule has 0 bridgehead atoms. The number of Topliss-reactive ketones (excluding diaryl/α,β-unsaturated/α-hetero) is 1. The average Bonchev–Trinajstić information content (AvgIpc) is 2.90. The highest BCUT2D eigenvalue weighted by Crippen LogP contribution is 2.66. The Bertz CT molecular complexity index is 503. The number of aliphatic hydroxyl groups is 1. The molecule has 0 aromatic carbocycles. The Labute approximate surface area is 146 Å². The fourth-order valence-corrected chi connectivity index (χ4v) is 7.63. The van der Waals surface area contributed by atoms with Crippen LogP contribution in [0.4, 0.5) is 0 Å². The summed E-state index contributed by atoms with van der Waals surface area (Å²) < 4.78 is 5.79. The molecule has 3 heteroatoms. The van der Waals surface area contributed by atoms with Gasteiger partial charge < -0.3 is 9.84 Å². The van der Waals surface area contributed by atoms with Gasteiger partial charge in [-0.1, -0.05) is 6.92 Å². The van der Waals surface area contributed by atoms with Crippen LogP contribution >= 0.6 is 0 Å². The van der Waals surface area contributed by atoms with Gasteiger partial charge in [-0.25, -0.2) is 0 Å². The molecule has 0 spiro atoms. The molecule has 1 unspecified atom stereocenters. The summed E-state index contributed by atoms with van der Waals surface area (Å²) >= 11 is 0. The summed E-state index contributed by atoms with van der Waals surface area (Å²) in [6, 6.07) is 0. The highest BCUT2D eigenvalue weighted by atomic mass is 16.5. The minimum Gasteiger partial charge on any atom is -0.396 e. The van der Waals surface area contributed by atoms with Crippen molar-refractivity contribution in [2.24, 2.45) is 40.4 Å². The molecule has 4 rings (SSSR count). The molecule has 24 heavy (non-hydrogen) atoms. The van der Waals surface area contributed by atoms with Crippen LogP contribution in [0, 0.1) is 40.4 Å². The van der Waals surface area contributed by atoms with Crippen LogP contribution in [-0.2, 0) is 9.53 Å². The van der Waals surface area contributed by atoms with Gasteiger partial charge in [0.05, 0.1) is 6.61 Å². The number of carbonyl (C=O) groups is 1. The molecule has 4 aliphatic rings. The van der Waals surface area contributed by atoms with Crippen LogP contribution in [0.3, 0.4) is 0 Å². The van der Waals surface area contributed by atoms with Crippen LogP contribution in [0.1, 0.15) is 64.7 Å². The monoisotopic (exact) mass is 334 g/mol. The summed E-state index contributed by atoms with van der Waals surface area (Å²) in [5.74, 6) is 3.84. The number of ketones is 1. The Morgan fingerprint density at radius 3 is 2.71 bits per heavy atom. The fraction of sp³-hybridized carbons (Fsp3) is 0.952. The lowest BCUT2D eigenvalue weighted by molar-refractivity contribution is -0.156.